The fourth-order valence-corrected chi connectivity index (χ4v) is 3.67. The van der Waals surface area contributed by atoms with Gasteiger partial charge in [-0.1, -0.05) is 48.9 Å². The van der Waals surface area contributed by atoms with Crippen LogP contribution in [-0.2, 0) is 9.53 Å². The molecular formula is C25H26N4O3. The van der Waals surface area contributed by atoms with Crippen LogP contribution >= 0.6 is 0 Å². The van der Waals surface area contributed by atoms with Crippen molar-refractivity contribution in [3.63, 3.8) is 0 Å². The van der Waals surface area contributed by atoms with E-state index in [4.69, 9.17) is 10.2 Å². The first-order chi connectivity index (χ1) is 15.7. The van der Waals surface area contributed by atoms with Gasteiger partial charge < -0.3 is 20.2 Å². The number of esters is 1. The third-order valence-corrected chi connectivity index (χ3v) is 5.30. The normalized spacial score (nSPS) is 10.9. The molecule has 0 aliphatic heterocycles. The number of nitrogens with two attached hydrogens (primary N) is 1. The maximum absolute atomic E-state index is 11.3. The first kappa shape index (κ1) is 21.4. The largest absolute Gasteiger partial charge is 0.469 e. The van der Waals surface area contributed by atoms with Gasteiger partial charge in [0.05, 0.1) is 12.5 Å². The molecule has 4 rings (SSSR count). The standard InChI is InChI=1S/C25H26N4O3/c1-31-20(30)10-6-3-7-15-27-24-22-21(17-11-13-19(26)14-12-17)23(18-8-4-2-5-9-18)32-25(22)29-16-28-24/h2,4-5,8-9,11-14,16H,3,6-7,10,15,26H2,1H3,(H,27,28,29). The molecule has 0 fully saturated rings. The molecule has 3 N–H and O–H groups in total. The molecule has 0 atom stereocenters. The summed E-state index contributed by atoms with van der Waals surface area (Å²) in [7, 11) is 1.41. The first-order valence-electron chi connectivity index (χ1n) is 10.7. The fraction of sp³-hybridized carbons (Fsp3) is 0.240. The van der Waals surface area contributed by atoms with Crippen LogP contribution < -0.4 is 11.1 Å². The molecule has 0 saturated carbocycles. The molecule has 0 aliphatic carbocycles. The van der Waals surface area contributed by atoms with Crippen molar-refractivity contribution < 1.29 is 13.9 Å². The number of carbonyl (C=O) groups is 1. The van der Waals surface area contributed by atoms with Crippen molar-refractivity contribution in [3.8, 4) is 22.5 Å². The Morgan fingerprint density at radius 3 is 2.53 bits per heavy atom. The summed E-state index contributed by atoms with van der Waals surface area (Å²) in [5, 5.41) is 4.26. The molecule has 0 amide bonds. The predicted octanol–water partition coefficient (Wildman–Crippen LogP) is 5.28. The number of furan rings is 1. The molecule has 0 bridgehead atoms. The van der Waals surface area contributed by atoms with E-state index in [1.165, 1.54) is 13.4 Å². The van der Waals surface area contributed by atoms with Crippen molar-refractivity contribution in [1.29, 1.82) is 0 Å². The molecule has 7 nitrogen and oxygen atoms in total. The average molecular weight is 431 g/mol. The molecule has 0 unspecified atom stereocenters. The number of hydrogen-bond acceptors (Lipinski definition) is 7. The van der Waals surface area contributed by atoms with E-state index in [1.807, 2.05) is 54.6 Å². The summed E-state index contributed by atoms with van der Waals surface area (Å²) >= 11 is 0. The number of nitrogen functional groups attached to an aromatic ring is 1. The lowest BCUT2D eigenvalue weighted by Gasteiger charge is -2.09. The van der Waals surface area contributed by atoms with Crippen LogP contribution in [0.2, 0.25) is 0 Å². The van der Waals surface area contributed by atoms with Crippen molar-refractivity contribution >= 4 is 28.6 Å². The van der Waals surface area contributed by atoms with Crippen molar-refractivity contribution in [1.82, 2.24) is 9.97 Å². The number of fused-ring (bicyclic) bond motifs is 1. The molecule has 32 heavy (non-hydrogen) atoms. The monoisotopic (exact) mass is 430 g/mol. The van der Waals surface area contributed by atoms with Crippen molar-refractivity contribution in [2.24, 2.45) is 0 Å². The maximum atomic E-state index is 11.3. The van der Waals surface area contributed by atoms with E-state index in [0.29, 0.717) is 17.8 Å². The van der Waals surface area contributed by atoms with Gasteiger partial charge >= 0.3 is 5.97 Å². The van der Waals surface area contributed by atoms with Gasteiger partial charge in [0.15, 0.2) is 0 Å². The summed E-state index contributed by atoms with van der Waals surface area (Å²) in [6, 6.07) is 17.7. The van der Waals surface area contributed by atoms with E-state index in [1.54, 1.807) is 0 Å². The topological polar surface area (TPSA) is 103 Å². The molecular weight excluding hydrogens is 404 g/mol. The number of benzene rings is 2. The second kappa shape index (κ2) is 9.96. The Bertz CT molecular complexity index is 1190. The van der Waals surface area contributed by atoms with Crippen LogP contribution in [-0.4, -0.2) is 29.6 Å². The Kier molecular flexibility index (Phi) is 6.65. The number of aromatic nitrogens is 2. The van der Waals surface area contributed by atoms with Gasteiger partial charge in [0.1, 0.15) is 17.9 Å². The Hall–Kier alpha value is -3.87. The van der Waals surface area contributed by atoms with Gasteiger partial charge in [-0.05, 0) is 30.5 Å². The maximum Gasteiger partial charge on any atom is 0.305 e. The second-order valence-corrected chi connectivity index (χ2v) is 7.51. The molecule has 4 aromatic rings. The first-order valence-corrected chi connectivity index (χ1v) is 10.7. The summed E-state index contributed by atoms with van der Waals surface area (Å²) < 4.78 is 10.9. The zero-order valence-electron chi connectivity index (χ0n) is 18.0. The molecule has 2 aromatic carbocycles. The van der Waals surface area contributed by atoms with E-state index in [0.717, 1.165) is 59.5 Å². The van der Waals surface area contributed by atoms with Crippen LogP contribution in [0.1, 0.15) is 25.7 Å². The number of hydrogen-bond donors (Lipinski definition) is 2. The molecule has 0 radical (unpaired) electrons. The average Bonchev–Trinajstić information content (AvgIpc) is 3.22. The highest BCUT2D eigenvalue weighted by Gasteiger charge is 2.21. The number of carbonyl (C=O) groups excluding carboxylic acids is 1. The van der Waals surface area contributed by atoms with Gasteiger partial charge in [-0.25, -0.2) is 9.97 Å². The summed E-state index contributed by atoms with van der Waals surface area (Å²) in [6.07, 6.45) is 4.57. The van der Waals surface area contributed by atoms with Crippen LogP contribution in [0, 0.1) is 0 Å². The number of anilines is 2. The van der Waals surface area contributed by atoms with E-state index in [-0.39, 0.29) is 5.97 Å². The summed E-state index contributed by atoms with van der Waals surface area (Å²) in [4.78, 5) is 20.1. The zero-order chi connectivity index (χ0) is 22.3. The molecule has 2 heterocycles. The highest BCUT2D eigenvalue weighted by Crippen LogP contribution is 2.42. The fourth-order valence-electron chi connectivity index (χ4n) is 3.67. The van der Waals surface area contributed by atoms with Crippen molar-refractivity contribution in [2.45, 2.75) is 25.7 Å². The van der Waals surface area contributed by atoms with Gasteiger partial charge in [-0.15, -0.1) is 0 Å². The number of ether oxygens (including phenoxy) is 1. The van der Waals surface area contributed by atoms with E-state index < -0.39 is 0 Å². The van der Waals surface area contributed by atoms with Crippen LogP contribution in [0.4, 0.5) is 11.5 Å². The second-order valence-electron chi connectivity index (χ2n) is 7.51. The lowest BCUT2D eigenvalue weighted by molar-refractivity contribution is -0.140. The predicted molar refractivity (Wildman–Crippen MR) is 126 cm³/mol. The molecule has 0 spiro atoms. The highest BCUT2D eigenvalue weighted by atomic mass is 16.5. The van der Waals surface area contributed by atoms with Gasteiger partial charge in [-0.2, -0.15) is 0 Å². The van der Waals surface area contributed by atoms with Crippen LogP contribution in [0.15, 0.2) is 65.3 Å². The SMILES string of the molecule is COC(=O)CCCCCNc1ncnc2oc(-c3ccccc3)c(-c3ccc(N)cc3)c12. The minimum absolute atomic E-state index is 0.171. The van der Waals surface area contributed by atoms with Crippen molar-refractivity contribution in [3.05, 3.63) is 60.9 Å². The van der Waals surface area contributed by atoms with Crippen LogP contribution in [0.25, 0.3) is 33.6 Å². The Labute approximate surface area is 186 Å². The highest BCUT2D eigenvalue weighted by molar-refractivity contribution is 6.05. The van der Waals surface area contributed by atoms with Crippen molar-refractivity contribution in [2.75, 3.05) is 24.7 Å². The van der Waals surface area contributed by atoms with E-state index >= 15 is 0 Å². The quantitative estimate of drug-likeness (QED) is 0.211. The minimum atomic E-state index is -0.171. The minimum Gasteiger partial charge on any atom is -0.469 e. The van der Waals surface area contributed by atoms with E-state index in [9.17, 15) is 4.79 Å². The smallest absolute Gasteiger partial charge is 0.305 e. The van der Waals surface area contributed by atoms with Gasteiger partial charge in [0.2, 0.25) is 5.71 Å². The molecule has 0 saturated heterocycles. The Morgan fingerprint density at radius 2 is 1.78 bits per heavy atom. The van der Waals surface area contributed by atoms with E-state index in [2.05, 4.69) is 20.0 Å². The Morgan fingerprint density at radius 1 is 1.00 bits per heavy atom. The number of unbranched alkanes of at least 4 members (excludes halogenated alkanes) is 2. The third-order valence-electron chi connectivity index (χ3n) is 5.30. The summed E-state index contributed by atoms with van der Waals surface area (Å²) in [5.41, 5.74) is 10.0. The molecule has 0 aliphatic rings. The molecule has 7 heteroatoms. The van der Waals surface area contributed by atoms with Gasteiger partial charge in [-0.3, -0.25) is 4.79 Å². The molecule has 164 valence electrons. The van der Waals surface area contributed by atoms with Gasteiger partial charge in [0.25, 0.3) is 0 Å². The summed E-state index contributed by atoms with van der Waals surface area (Å²) in [5.74, 6) is 1.29. The summed E-state index contributed by atoms with van der Waals surface area (Å²) in [6.45, 7) is 0.723. The lowest BCUT2D eigenvalue weighted by atomic mass is 9.99. The van der Waals surface area contributed by atoms with Gasteiger partial charge in [0, 0.05) is 29.8 Å². The third kappa shape index (κ3) is 4.72. The van der Waals surface area contributed by atoms with Crippen LogP contribution in [0.3, 0.4) is 0 Å². The Balaban J connectivity index is 1.65. The number of methoxy groups -OCH3 is 1. The number of nitrogens with one attached hydrogen (secondary N) is 1. The number of rotatable bonds is 9. The van der Waals surface area contributed by atoms with Crippen LogP contribution in [0.5, 0.6) is 0 Å². The molecule has 2 aromatic heterocycles. The lowest BCUT2D eigenvalue weighted by Crippen LogP contribution is -2.05. The number of nitrogens with zero attached hydrogens (tertiary/aromatic N) is 2. The zero-order valence-corrected chi connectivity index (χ0v) is 18.0.